The Balaban J connectivity index is 2.32. The minimum absolute atomic E-state index is 0.0323. The van der Waals surface area contributed by atoms with Crippen LogP contribution in [0.1, 0.15) is 54.1 Å². The van der Waals surface area contributed by atoms with Crippen molar-refractivity contribution in [3.05, 3.63) is 23.3 Å². The van der Waals surface area contributed by atoms with Gasteiger partial charge in [0.05, 0.1) is 17.3 Å². The van der Waals surface area contributed by atoms with Gasteiger partial charge in [-0.15, -0.1) is 0 Å². The highest BCUT2D eigenvalue weighted by atomic mass is 16.2. The van der Waals surface area contributed by atoms with E-state index in [2.05, 4.69) is 9.97 Å². The van der Waals surface area contributed by atoms with E-state index >= 15 is 0 Å². The van der Waals surface area contributed by atoms with Crippen LogP contribution in [0.4, 0.5) is 0 Å². The maximum atomic E-state index is 11.6. The number of nitrogens with two attached hydrogens (primary N) is 1. The number of carbonyl (C=O) groups is 2. The van der Waals surface area contributed by atoms with E-state index in [1.807, 2.05) is 0 Å². The summed E-state index contributed by atoms with van der Waals surface area (Å²) < 4.78 is 0. The highest BCUT2D eigenvalue weighted by Gasteiger charge is 2.28. The fraction of sp³-hybridized carbons (Fsp3) is 0.538. The summed E-state index contributed by atoms with van der Waals surface area (Å²) in [5.74, 6) is 0.0958. The molecule has 0 aliphatic carbocycles. The molecule has 2 N–H and O–H groups in total. The molecule has 1 aliphatic rings. The fourth-order valence-corrected chi connectivity index (χ4v) is 2.46. The Morgan fingerprint density at radius 3 is 2.74 bits per heavy atom. The van der Waals surface area contributed by atoms with Gasteiger partial charge in [-0.1, -0.05) is 0 Å². The summed E-state index contributed by atoms with van der Waals surface area (Å²) >= 11 is 0. The molecule has 1 aromatic heterocycles. The van der Waals surface area contributed by atoms with Crippen molar-refractivity contribution in [1.82, 2.24) is 14.9 Å². The summed E-state index contributed by atoms with van der Waals surface area (Å²) in [6, 6.07) is -0.0909. The van der Waals surface area contributed by atoms with Crippen molar-refractivity contribution in [2.75, 3.05) is 6.54 Å². The van der Waals surface area contributed by atoms with E-state index < -0.39 is 5.91 Å². The zero-order chi connectivity index (χ0) is 14.0. The van der Waals surface area contributed by atoms with Crippen LogP contribution in [0.15, 0.2) is 6.20 Å². The first-order valence-electron chi connectivity index (χ1n) is 6.41. The molecular formula is C13H18N4O2. The Morgan fingerprint density at radius 1 is 1.42 bits per heavy atom. The number of aryl methyl sites for hydroxylation is 1. The lowest BCUT2D eigenvalue weighted by Gasteiger charge is -2.34. The van der Waals surface area contributed by atoms with Crippen molar-refractivity contribution in [2.45, 2.75) is 39.2 Å². The minimum Gasteiger partial charge on any atom is -0.365 e. The third-order valence-electron chi connectivity index (χ3n) is 3.47. The van der Waals surface area contributed by atoms with Crippen LogP contribution in [0.5, 0.6) is 0 Å². The van der Waals surface area contributed by atoms with Gasteiger partial charge < -0.3 is 10.6 Å². The average Bonchev–Trinajstić information content (AvgIpc) is 2.38. The number of hydrogen-bond acceptors (Lipinski definition) is 4. The van der Waals surface area contributed by atoms with Crippen molar-refractivity contribution in [3.8, 4) is 0 Å². The third kappa shape index (κ3) is 2.72. The normalized spacial score (nSPS) is 19.3. The number of nitrogens with zero attached hydrogens (tertiary/aromatic N) is 3. The molecule has 0 radical (unpaired) electrons. The summed E-state index contributed by atoms with van der Waals surface area (Å²) in [4.78, 5) is 33.1. The zero-order valence-corrected chi connectivity index (χ0v) is 11.2. The van der Waals surface area contributed by atoms with Crippen molar-refractivity contribution >= 4 is 11.8 Å². The standard InChI is InChI=1S/C13H18N4O2/c1-8-10(12(14)19)7-15-13(16-8)11-5-3-4-6-17(11)9(2)18/h7,11H,3-6H2,1-2H3,(H2,14,19). The van der Waals surface area contributed by atoms with E-state index in [1.54, 1.807) is 18.7 Å². The van der Waals surface area contributed by atoms with Gasteiger partial charge in [0.2, 0.25) is 5.91 Å². The van der Waals surface area contributed by atoms with Gasteiger partial charge in [0.25, 0.3) is 5.91 Å². The number of amides is 2. The molecule has 0 saturated carbocycles. The van der Waals surface area contributed by atoms with Crippen molar-refractivity contribution < 1.29 is 9.59 Å². The molecule has 0 aromatic carbocycles. The van der Waals surface area contributed by atoms with Gasteiger partial charge >= 0.3 is 0 Å². The van der Waals surface area contributed by atoms with Crippen LogP contribution < -0.4 is 5.73 Å². The van der Waals surface area contributed by atoms with Crippen molar-refractivity contribution in [2.24, 2.45) is 5.73 Å². The molecule has 2 rings (SSSR count). The second-order valence-corrected chi connectivity index (χ2v) is 4.82. The molecule has 1 fully saturated rings. The highest BCUT2D eigenvalue weighted by molar-refractivity contribution is 5.93. The molecule has 6 nitrogen and oxygen atoms in total. The van der Waals surface area contributed by atoms with Gasteiger partial charge in [-0.25, -0.2) is 9.97 Å². The van der Waals surface area contributed by atoms with Gasteiger partial charge in [0.1, 0.15) is 0 Å². The van der Waals surface area contributed by atoms with Crippen molar-refractivity contribution in [1.29, 1.82) is 0 Å². The van der Waals surface area contributed by atoms with Gasteiger partial charge in [0.15, 0.2) is 5.82 Å². The van der Waals surface area contributed by atoms with E-state index in [1.165, 1.54) is 6.20 Å². The van der Waals surface area contributed by atoms with Crippen LogP contribution in [-0.2, 0) is 4.79 Å². The van der Waals surface area contributed by atoms with Gasteiger partial charge in [-0.05, 0) is 26.2 Å². The van der Waals surface area contributed by atoms with Crippen LogP contribution in [0.25, 0.3) is 0 Å². The Hall–Kier alpha value is -1.98. The summed E-state index contributed by atoms with van der Waals surface area (Å²) in [5, 5.41) is 0. The van der Waals surface area contributed by atoms with Crippen LogP contribution >= 0.6 is 0 Å². The molecule has 102 valence electrons. The third-order valence-corrected chi connectivity index (χ3v) is 3.47. The minimum atomic E-state index is -0.531. The number of aromatic nitrogens is 2. The maximum Gasteiger partial charge on any atom is 0.252 e. The summed E-state index contributed by atoms with van der Waals surface area (Å²) in [7, 11) is 0. The Morgan fingerprint density at radius 2 is 2.16 bits per heavy atom. The molecule has 19 heavy (non-hydrogen) atoms. The summed E-state index contributed by atoms with van der Waals surface area (Å²) in [5.41, 5.74) is 6.12. The molecule has 2 amide bonds. The zero-order valence-electron chi connectivity index (χ0n) is 11.2. The van der Waals surface area contributed by atoms with E-state index in [-0.39, 0.29) is 11.9 Å². The van der Waals surface area contributed by atoms with Gasteiger partial charge in [0, 0.05) is 19.7 Å². The lowest BCUT2D eigenvalue weighted by atomic mass is 10.0. The molecule has 2 heterocycles. The fourth-order valence-electron chi connectivity index (χ4n) is 2.46. The first-order chi connectivity index (χ1) is 9.00. The SMILES string of the molecule is CC(=O)N1CCCCC1c1ncc(C(N)=O)c(C)n1. The second-order valence-electron chi connectivity index (χ2n) is 4.82. The summed E-state index contributed by atoms with van der Waals surface area (Å²) in [6.45, 7) is 4.02. The Kier molecular flexibility index (Phi) is 3.78. The van der Waals surface area contributed by atoms with Crippen LogP contribution in [0.2, 0.25) is 0 Å². The van der Waals surface area contributed by atoms with E-state index in [0.29, 0.717) is 17.1 Å². The molecular weight excluding hydrogens is 244 g/mol. The van der Waals surface area contributed by atoms with Gasteiger partial charge in [-0.2, -0.15) is 0 Å². The average molecular weight is 262 g/mol. The first-order valence-corrected chi connectivity index (χ1v) is 6.41. The predicted molar refractivity (Wildman–Crippen MR) is 69.3 cm³/mol. The number of rotatable bonds is 2. The molecule has 1 unspecified atom stereocenters. The van der Waals surface area contributed by atoms with E-state index in [9.17, 15) is 9.59 Å². The van der Waals surface area contributed by atoms with E-state index in [4.69, 9.17) is 5.73 Å². The van der Waals surface area contributed by atoms with Crippen LogP contribution in [0.3, 0.4) is 0 Å². The molecule has 0 bridgehead atoms. The topological polar surface area (TPSA) is 89.2 Å². The number of likely N-dealkylation sites (tertiary alicyclic amines) is 1. The number of piperidine rings is 1. The Bertz CT molecular complexity index is 515. The second kappa shape index (κ2) is 5.34. The lowest BCUT2D eigenvalue weighted by Crippen LogP contribution is -2.38. The number of carbonyl (C=O) groups excluding carboxylic acids is 2. The monoisotopic (exact) mass is 262 g/mol. The van der Waals surface area contributed by atoms with Crippen LogP contribution in [0, 0.1) is 6.92 Å². The molecule has 6 heteroatoms. The van der Waals surface area contributed by atoms with Crippen molar-refractivity contribution in [3.63, 3.8) is 0 Å². The molecule has 1 atom stereocenters. The van der Waals surface area contributed by atoms with E-state index in [0.717, 1.165) is 25.8 Å². The molecule has 1 aliphatic heterocycles. The summed E-state index contributed by atoms with van der Waals surface area (Å²) in [6.07, 6.45) is 4.37. The molecule has 0 spiro atoms. The van der Waals surface area contributed by atoms with Gasteiger partial charge in [-0.3, -0.25) is 9.59 Å². The predicted octanol–water partition coefficient (Wildman–Crippen LogP) is 0.957. The molecule has 1 aromatic rings. The smallest absolute Gasteiger partial charge is 0.252 e. The highest BCUT2D eigenvalue weighted by Crippen LogP contribution is 2.28. The lowest BCUT2D eigenvalue weighted by molar-refractivity contribution is -0.132. The quantitative estimate of drug-likeness (QED) is 0.859. The van der Waals surface area contributed by atoms with Crippen LogP contribution in [-0.4, -0.2) is 33.2 Å². The Labute approximate surface area is 112 Å². The molecule has 1 saturated heterocycles. The number of primary amides is 1. The first kappa shape index (κ1) is 13.5. The maximum absolute atomic E-state index is 11.6. The largest absolute Gasteiger partial charge is 0.365 e. The number of hydrogen-bond donors (Lipinski definition) is 1.